The van der Waals surface area contributed by atoms with Crippen LogP contribution in [0.3, 0.4) is 0 Å². The molecule has 0 saturated heterocycles. The third kappa shape index (κ3) is 2.48. The van der Waals surface area contributed by atoms with Crippen LogP contribution in [0, 0.1) is 0 Å². The summed E-state index contributed by atoms with van der Waals surface area (Å²) in [6.07, 6.45) is -3.94. The summed E-state index contributed by atoms with van der Waals surface area (Å²) in [5.74, 6) is -3.68. The minimum Gasteiger partial charge on any atom is -0.477 e. The van der Waals surface area contributed by atoms with Crippen molar-refractivity contribution in [1.29, 1.82) is 0 Å². The molecule has 0 aromatic carbocycles. The maximum absolute atomic E-state index is 11.8. The quantitative estimate of drug-likeness (QED) is 0.703. The van der Waals surface area contributed by atoms with E-state index >= 15 is 0 Å². The van der Waals surface area contributed by atoms with E-state index in [9.17, 15) is 22.8 Å². The van der Waals surface area contributed by atoms with E-state index in [4.69, 9.17) is 5.11 Å². The molecule has 1 heterocycles. The molecule has 1 amide bonds. The molecule has 0 bridgehead atoms. The lowest BCUT2D eigenvalue weighted by Gasteiger charge is -2.06. The van der Waals surface area contributed by atoms with Gasteiger partial charge in [0.05, 0.1) is 5.69 Å². The molecule has 15 heavy (non-hydrogen) atoms. The van der Waals surface area contributed by atoms with Crippen molar-refractivity contribution in [3.8, 4) is 0 Å². The first kappa shape index (κ1) is 11.1. The lowest BCUT2D eigenvalue weighted by atomic mass is 10.3. The zero-order valence-corrected chi connectivity index (χ0v) is 7.05. The predicted molar refractivity (Wildman–Crippen MR) is 42.4 cm³/mol. The standard InChI is InChI=1S/C7H5F3N2O3/c8-7(9,10)6(15)12-3-1-2-11-4(3)5(13)14/h1-2,11H,(H,12,15)(H,13,14). The number of halogens is 3. The van der Waals surface area contributed by atoms with E-state index in [1.54, 1.807) is 0 Å². The molecule has 0 atom stereocenters. The van der Waals surface area contributed by atoms with Crippen LogP contribution in [0.4, 0.5) is 18.9 Å². The van der Waals surface area contributed by atoms with Crippen molar-refractivity contribution < 1.29 is 27.9 Å². The van der Waals surface area contributed by atoms with Crippen molar-refractivity contribution in [2.75, 3.05) is 5.32 Å². The maximum atomic E-state index is 11.8. The number of anilines is 1. The van der Waals surface area contributed by atoms with Crippen molar-refractivity contribution in [2.24, 2.45) is 0 Å². The second-order valence-electron chi connectivity index (χ2n) is 2.52. The number of amides is 1. The van der Waals surface area contributed by atoms with Gasteiger partial charge in [-0.05, 0) is 6.07 Å². The van der Waals surface area contributed by atoms with Crippen molar-refractivity contribution in [2.45, 2.75) is 6.18 Å². The Morgan fingerprint density at radius 1 is 1.40 bits per heavy atom. The smallest absolute Gasteiger partial charge is 0.471 e. The fraction of sp³-hybridized carbons (Fsp3) is 0.143. The van der Waals surface area contributed by atoms with Crippen LogP contribution in [-0.4, -0.2) is 28.1 Å². The topological polar surface area (TPSA) is 82.2 Å². The highest BCUT2D eigenvalue weighted by Gasteiger charge is 2.39. The summed E-state index contributed by atoms with van der Waals surface area (Å²) >= 11 is 0. The molecular weight excluding hydrogens is 217 g/mol. The molecular formula is C7H5F3N2O3. The van der Waals surface area contributed by atoms with Gasteiger partial charge < -0.3 is 15.4 Å². The molecule has 0 saturated carbocycles. The molecule has 3 N–H and O–H groups in total. The number of hydrogen-bond acceptors (Lipinski definition) is 2. The van der Waals surface area contributed by atoms with Crippen LogP contribution in [0.5, 0.6) is 0 Å². The fourth-order valence-electron chi connectivity index (χ4n) is 0.844. The number of nitrogens with one attached hydrogen (secondary N) is 2. The molecule has 0 radical (unpaired) electrons. The number of carboxylic acid groups (broad SMARTS) is 1. The number of alkyl halides is 3. The van der Waals surface area contributed by atoms with E-state index in [0.29, 0.717) is 0 Å². The van der Waals surface area contributed by atoms with Crippen LogP contribution >= 0.6 is 0 Å². The first-order valence-corrected chi connectivity index (χ1v) is 3.61. The molecule has 0 spiro atoms. The highest BCUT2D eigenvalue weighted by molar-refractivity contribution is 6.01. The maximum Gasteiger partial charge on any atom is 0.471 e. The summed E-state index contributed by atoms with van der Waals surface area (Å²) in [4.78, 5) is 23.1. The van der Waals surface area contributed by atoms with Gasteiger partial charge in [-0.25, -0.2) is 4.79 Å². The van der Waals surface area contributed by atoms with Gasteiger partial charge in [-0.3, -0.25) is 4.79 Å². The number of carboxylic acids is 1. The Balaban J connectivity index is 2.86. The number of carbonyl (C=O) groups excluding carboxylic acids is 1. The number of H-pyrrole nitrogens is 1. The van der Waals surface area contributed by atoms with E-state index in [-0.39, 0.29) is 0 Å². The van der Waals surface area contributed by atoms with Gasteiger partial charge in [-0.1, -0.05) is 0 Å². The van der Waals surface area contributed by atoms with E-state index in [0.717, 1.165) is 12.3 Å². The Hall–Kier alpha value is -1.99. The summed E-state index contributed by atoms with van der Waals surface area (Å²) in [6.45, 7) is 0. The summed E-state index contributed by atoms with van der Waals surface area (Å²) in [6, 6.07) is 1.02. The molecule has 0 aliphatic carbocycles. The Bertz CT molecular complexity index is 396. The van der Waals surface area contributed by atoms with Gasteiger partial charge in [0.1, 0.15) is 5.69 Å². The Morgan fingerprint density at radius 2 is 2.00 bits per heavy atom. The van der Waals surface area contributed by atoms with Crippen LogP contribution in [0.15, 0.2) is 12.3 Å². The van der Waals surface area contributed by atoms with Crippen molar-refractivity contribution in [3.05, 3.63) is 18.0 Å². The molecule has 0 unspecified atom stereocenters. The number of aromatic nitrogens is 1. The van der Waals surface area contributed by atoms with Gasteiger partial charge in [-0.15, -0.1) is 0 Å². The van der Waals surface area contributed by atoms with Gasteiger partial charge in [0.2, 0.25) is 0 Å². The highest BCUT2D eigenvalue weighted by atomic mass is 19.4. The average Bonchev–Trinajstić information content (AvgIpc) is 2.50. The second-order valence-corrected chi connectivity index (χ2v) is 2.52. The second kappa shape index (κ2) is 3.64. The number of rotatable bonds is 2. The summed E-state index contributed by atoms with van der Waals surface area (Å²) < 4.78 is 35.4. The average molecular weight is 222 g/mol. The summed E-state index contributed by atoms with van der Waals surface area (Å²) in [7, 11) is 0. The Kier molecular flexibility index (Phi) is 2.69. The van der Waals surface area contributed by atoms with E-state index < -0.39 is 29.4 Å². The third-order valence-corrected chi connectivity index (χ3v) is 1.47. The molecule has 0 aliphatic heterocycles. The highest BCUT2D eigenvalue weighted by Crippen LogP contribution is 2.20. The third-order valence-electron chi connectivity index (χ3n) is 1.47. The predicted octanol–water partition coefficient (Wildman–Crippen LogP) is 1.21. The van der Waals surface area contributed by atoms with Gasteiger partial charge in [-0.2, -0.15) is 13.2 Å². The number of aromatic carboxylic acids is 1. The van der Waals surface area contributed by atoms with Crippen molar-refractivity contribution in [3.63, 3.8) is 0 Å². The molecule has 5 nitrogen and oxygen atoms in total. The lowest BCUT2D eigenvalue weighted by molar-refractivity contribution is -0.167. The summed E-state index contributed by atoms with van der Waals surface area (Å²) in [5.41, 5.74) is -0.933. The van der Waals surface area contributed by atoms with E-state index in [2.05, 4.69) is 4.98 Å². The molecule has 0 aliphatic rings. The zero-order chi connectivity index (χ0) is 11.6. The van der Waals surface area contributed by atoms with Crippen molar-refractivity contribution >= 4 is 17.6 Å². The molecule has 1 rings (SSSR count). The molecule has 0 fully saturated rings. The first-order valence-electron chi connectivity index (χ1n) is 3.61. The lowest BCUT2D eigenvalue weighted by Crippen LogP contribution is -2.30. The first-order chi connectivity index (χ1) is 6.82. The van der Waals surface area contributed by atoms with Gasteiger partial charge in [0.15, 0.2) is 0 Å². The number of carbonyl (C=O) groups is 2. The van der Waals surface area contributed by atoms with Crippen LogP contribution in [0.25, 0.3) is 0 Å². The fourth-order valence-corrected chi connectivity index (χ4v) is 0.844. The largest absolute Gasteiger partial charge is 0.477 e. The monoisotopic (exact) mass is 222 g/mol. The Morgan fingerprint density at radius 3 is 2.47 bits per heavy atom. The van der Waals surface area contributed by atoms with Gasteiger partial charge in [0.25, 0.3) is 0 Å². The minimum atomic E-state index is -5.05. The SMILES string of the molecule is O=C(O)c1[nH]ccc1NC(=O)C(F)(F)F. The molecule has 8 heteroatoms. The summed E-state index contributed by atoms with van der Waals surface area (Å²) in [5, 5.41) is 9.94. The molecule has 1 aromatic heterocycles. The Labute approximate surface area is 80.9 Å². The van der Waals surface area contributed by atoms with Crippen LogP contribution < -0.4 is 5.32 Å². The van der Waals surface area contributed by atoms with E-state index in [1.807, 2.05) is 0 Å². The van der Waals surface area contributed by atoms with Crippen molar-refractivity contribution in [1.82, 2.24) is 4.98 Å². The van der Waals surface area contributed by atoms with Crippen LogP contribution in [-0.2, 0) is 4.79 Å². The molecule has 82 valence electrons. The van der Waals surface area contributed by atoms with E-state index in [1.165, 1.54) is 5.32 Å². The zero-order valence-electron chi connectivity index (χ0n) is 7.05. The number of aromatic amines is 1. The minimum absolute atomic E-state index is 0.426. The van der Waals surface area contributed by atoms with Gasteiger partial charge >= 0.3 is 18.1 Å². The molecule has 1 aromatic rings. The van der Waals surface area contributed by atoms with Crippen LogP contribution in [0.1, 0.15) is 10.5 Å². The normalized spacial score (nSPS) is 11.1. The van der Waals surface area contributed by atoms with Crippen LogP contribution in [0.2, 0.25) is 0 Å². The number of hydrogen-bond donors (Lipinski definition) is 3. The van der Waals surface area contributed by atoms with Gasteiger partial charge in [0, 0.05) is 6.20 Å².